The molecule has 0 amide bonds. The maximum atomic E-state index is 5.89. The number of anilines is 2. The van der Waals surface area contributed by atoms with Gasteiger partial charge in [0.1, 0.15) is 0 Å². The minimum Gasteiger partial charge on any atom is -0.332 e. The number of aryl methyl sites for hydroxylation is 1. The van der Waals surface area contributed by atoms with E-state index in [-0.39, 0.29) is 0 Å². The van der Waals surface area contributed by atoms with Gasteiger partial charge in [0.05, 0.1) is 0 Å². The average Bonchev–Trinajstić information content (AvgIpc) is 2.61. The molecule has 0 aliphatic carbocycles. The number of thiocarbonyl (C=S) groups is 1. The van der Waals surface area contributed by atoms with Crippen LogP contribution in [-0.4, -0.2) is 14.9 Å². The van der Waals surface area contributed by atoms with Crippen LogP contribution in [0.1, 0.15) is 0 Å². The lowest BCUT2D eigenvalue weighted by Crippen LogP contribution is -2.19. The standard InChI is InChI=1S/C11H10Cl2N4S/c1-17-3-2-10(16-17)15-11(18)14-9-5-7(12)4-8(13)6-9/h2-6H,1H3,(H2,14,15,16,18). The monoisotopic (exact) mass is 300 g/mol. The van der Waals surface area contributed by atoms with Crippen molar-refractivity contribution < 1.29 is 0 Å². The van der Waals surface area contributed by atoms with Gasteiger partial charge in [-0.25, -0.2) is 0 Å². The molecule has 0 saturated heterocycles. The van der Waals surface area contributed by atoms with Crippen LogP contribution in [0, 0.1) is 0 Å². The zero-order valence-corrected chi connectivity index (χ0v) is 11.8. The van der Waals surface area contributed by atoms with Gasteiger partial charge in [-0.1, -0.05) is 23.2 Å². The van der Waals surface area contributed by atoms with E-state index in [1.165, 1.54) is 0 Å². The molecule has 18 heavy (non-hydrogen) atoms. The first-order valence-electron chi connectivity index (χ1n) is 5.07. The fourth-order valence-electron chi connectivity index (χ4n) is 1.39. The molecule has 2 rings (SSSR count). The van der Waals surface area contributed by atoms with Crippen molar-refractivity contribution in [3.05, 3.63) is 40.5 Å². The lowest BCUT2D eigenvalue weighted by atomic mass is 10.3. The third kappa shape index (κ3) is 3.60. The van der Waals surface area contributed by atoms with Crippen LogP contribution in [-0.2, 0) is 7.05 Å². The summed E-state index contributed by atoms with van der Waals surface area (Å²) in [6.45, 7) is 0. The molecule has 0 spiro atoms. The van der Waals surface area contributed by atoms with Gasteiger partial charge in [0.25, 0.3) is 0 Å². The molecule has 7 heteroatoms. The molecular formula is C11H10Cl2N4S. The predicted octanol–water partition coefficient (Wildman–Crippen LogP) is 3.54. The molecule has 1 aromatic heterocycles. The highest BCUT2D eigenvalue weighted by molar-refractivity contribution is 7.80. The lowest BCUT2D eigenvalue weighted by Gasteiger charge is -2.09. The van der Waals surface area contributed by atoms with Crippen molar-refractivity contribution in [1.82, 2.24) is 9.78 Å². The van der Waals surface area contributed by atoms with Crippen molar-refractivity contribution in [3.8, 4) is 0 Å². The molecule has 0 saturated carbocycles. The number of rotatable bonds is 2. The van der Waals surface area contributed by atoms with Crippen LogP contribution in [0.5, 0.6) is 0 Å². The maximum absolute atomic E-state index is 5.89. The van der Waals surface area contributed by atoms with Gasteiger partial charge in [0, 0.05) is 35.0 Å². The highest BCUT2D eigenvalue weighted by Crippen LogP contribution is 2.22. The van der Waals surface area contributed by atoms with Crippen LogP contribution in [0.25, 0.3) is 0 Å². The number of halogens is 2. The molecule has 0 unspecified atom stereocenters. The molecule has 2 N–H and O–H groups in total. The maximum Gasteiger partial charge on any atom is 0.176 e. The number of nitrogens with one attached hydrogen (secondary N) is 2. The first-order valence-corrected chi connectivity index (χ1v) is 6.23. The number of nitrogens with zero attached hydrogens (tertiary/aromatic N) is 2. The molecule has 4 nitrogen and oxygen atoms in total. The Hall–Kier alpha value is -1.30. The van der Waals surface area contributed by atoms with E-state index in [2.05, 4.69) is 15.7 Å². The Morgan fingerprint density at radius 2 is 1.89 bits per heavy atom. The minimum atomic E-state index is 0.423. The van der Waals surface area contributed by atoms with Crippen molar-refractivity contribution in [2.24, 2.45) is 7.05 Å². The number of aromatic nitrogens is 2. The van der Waals surface area contributed by atoms with Gasteiger partial charge >= 0.3 is 0 Å². The van der Waals surface area contributed by atoms with E-state index >= 15 is 0 Å². The molecule has 0 atom stereocenters. The van der Waals surface area contributed by atoms with E-state index < -0.39 is 0 Å². The normalized spacial score (nSPS) is 10.2. The first kappa shape index (κ1) is 13.1. The summed E-state index contributed by atoms with van der Waals surface area (Å²) in [7, 11) is 1.83. The van der Waals surface area contributed by atoms with Gasteiger partial charge in [-0.2, -0.15) is 5.10 Å². The van der Waals surface area contributed by atoms with Crippen molar-refractivity contribution in [2.45, 2.75) is 0 Å². The second-order valence-corrected chi connectivity index (χ2v) is 4.89. The molecule has 2 aromatic rings. The van der Waals surface area contributed by atoms with Crippen molar-refractivity contribution >= 4 is 52.0 Å². The molecule has 1 aromatic carbocycles. The highest BCUT2D eigenvalue weighted by Gasteiger charge is 2.03. The summed E-state index contributed by atoms with van der Waals surface area (Å²) < 4.78 is 1.68. The first-order chi connectivity index (χ1) is 8.52. The fourth-order valence-corrected chi connectivity index (χ4v) is 2.13. The Bertz CT molecular complexity index is 562. The van der Waals surface area contributed by atoms with E-state index in [9.17, 15) is 0 Å². The summed E-state index contributed by atoms with van der Waals surface area (Å²) in [6.07, 6.45) is 1.82. The smallest absolute Gasteiger partial charge is 0.176 e. The Balaban J connectivity index is 2.02. The van der Waals surface area contributed by atoms with E-state index in [4.69, 9.17) is 35.4 Å². The quantitative estimate of drug-likeness (QED) is 0.833. The molecule has 94 valence electrons. The largest absolute Gasteiger partial charge is 0.332 e. The van der Waals surface area contributed by atoms with Crippen molar-refractivity contribution in [2.75, 3.05) is 10.6 Å². The van der Waals surface area contributed by atoms with Gasteiger partial charge in [0.2, 0.25) is 0 Å². The van der Waals surface area contributed by atoms with Gasteiger partial charge in [-0.05, 0) is 30.4 Å². The van der Waals surface area contributed by atoms with Crippen molar-refractivity contribution in [3.63, 3.8) is 0 Å². The molecule has 0 aliphatic rings. The van der Waals surface area contributed by atoms with Crippen LogP contribution < -0.4 is 10.6 Å². The van der Waals surface area contributed by atoms with Crippen LogP contribution >= 0.6 is 35.4 Å². The second kappa shape index (κ2) is 5.56. The summed E-state index contributed by atoms with van der Waals surface area (Å²) in [5.41, 5.74) is 0.723. The summed E-state index contributed by atoms with van der Waals surface area (Å²) in [5, 5.41) is 11.6. The number of hydrogen-bond acceptors (Lipinski definition) is 2. The Morgan fingerprint density at radius 3 is 2.44 bits per heavy atom. The summed E-state index contributed by atoms with van der Waals surface area (Å²) in [4.78, 5) is 0. The van der Waals surface area contributed by atoms with Crippen LogP contribution in [0.3, 0.4) is 0 Å². The van der Waals surface area contributed by atoms with E-state index in [1.807, 2.05) is 19.3 Å². The minimum absolute atomic E-state index is 0.423. The number of benzene rings is 1. The van der Waals surface area contributed by atoms with Gasteiger partial charge in [0.15, 0.2) is 10.9 Å². The third-order valence-electron chi connectivity index (χ3n) is 2.08. The topological polar surface area (TPSA) is 41.9 Å². The van der Waals surface area contributed by atoms with Crippen LogP contribution in [0.15, 0.2) is 30.5 Å². The summed E-state index contributed by atoms with van der Waals surface area (Å²) >= 11 is 16.9. The Kier molecular flexibility index (Phi) is 4.06. The zero-order valence-electron chi connectivity index (χ0n) is 9.45. The molecule has 0 fully saturated rings. The van der Waals surface area contributed by atoms with E-state index in [0.717, 1.165) is 5.69 Å². The number of hydrogen-bond donors (Lipinski definition) is 2. The fraction of sp³-hybridized carbons (Fsp3) is 0.0909. The summed E-state index contributed by atoms with van der Waals surface area (Å²) in [6, 6.07) is 6.95. The third-order valence-corrected chi connectivity index (χ3v) is 2.72. The van der Waals surface area contributed by atoms with E-state index in [0.29, 0.717) is 21.0 Å². The van der Waals surface area contributed by atoms with Crippen molar-refractivity contribution in [1.29, 1.82) is 0 Å². The Morgan fingerprint density at radius 1 is 1.22 bits per heavy atom. The lowest BCUT2D eigenvalue weighted by molar-refractivity contribution is 0.772. The molecule has 0 bridgehead atoms. The molecule has 0 radical (unpaired) electrons. The van der Waals surface area contributed by atoms with E-state index in [1.54, 1.807) is 22.9 Å². The molecule has 0 aliphatic heterocycles. The van der Waals surface area contributed by atoms with Crippen LogP contribution in [0.4, 0.5) is 11.5 Å². The van der Waals surface area contributed by atoms with Gasteiger partial charge in [-0.3, -0.25) is 4.68 Å². The zero-order chi connectivity index (χ0) is 13.1. The molecular weight excluding hydrogens is 291 g/mol. The predicted molar refractivity (Wildman–Crippen MR) is 79.5 cm³/mol. The molecule has 1 heterocycles. The Labute approximate surface area is 120 Å². The van der Waals surface area contributed by atoms with Gasteiger partial charge < -0.3 is 10.6 Å². The SMILES string of the molecule is Cn1ccc(NC(=S)Nc2cc(Cl)cc(Cl)c2)n1. The summed E-state index contributed by atoms with van der Waals surface area (Å²) in [5.74, 6) is 0.670. The van der Waals surface area contributed by atoms with Gasteiger partial charge in [-0.15, -0.1) is 0 Å². The second-order valence-electron chi connectivity index (χ2n) is 3.61. The van der Waals surface area contributed by atoms with Crippen LogP contribution in [0.2, 0.25) is 10.0 Å². The average molecular weight is 301 g/mol. The highest BCUT2D eigenvalue weighted by atomic mass is 35.5.